The molecule has 2 unspecified atom stereocenters. The number of aromatic nitrogens is 1. The first kappa shape index (κ1) is 11.9. The number of anilines is 1. The fourth-order valence-electron chi connectivity index (χ4n) is 2.34. The molecule has 1 aliphatic heterocycles. The van der Waals surface area contributed by atoms with Crippen molar-refractivity contribution in [3.8, 4) is 0 Å². The number of nitrogens with zero attached hydrogens (tertiary/aromatic N) is 2. The number of hydrogen-bond acceptors (Lipinski definition) is 3. The van der Waals surface area contributed by atoms with E-state index in [1.165, 1.54) is 6.42 Å². The highest BCUT2D eigenvalue weighted by Crippen LogP contribution is 2.29. The van der Waals surface area contributed by atoms with Crippen LogP contribution in [0.3, 0.4) is 0 Å². The van der Waals surface area contributed by atoms with Gasteiger partial charge >= 0.3 is 0 Å². The third-order valence-corrected chi connectivity index (χ3v) is 4.26. The van der Waals surface area contributed by atoms with Crippen LogP contribution >= 0.6 is 15.9 Å². The van der Waals surface area contributed by atoms with Crippen molar-refractivity contribution in [3.63, 3.8) is 0 Å². The lowest BCUT2D eigenvalue weighted by atomic mass is 10.0. The van der Waals surface area contributed by atoms with Gasteiger partial charge in [-0.3, -0.25) is 0 Å². The van der Waals surface area contributed by atoms with Crippen LogP contribution in [0.25, 0.3) is 0 Å². The van der Waals surface area contributed by atoms with Crippen molar-refractivity contribution in [1.82, 2.24) is 4.98 Å². The molecule has 88 valence electrons. The molecule has 0 radical (unpaired) electrons. The van der Waals surface area contributed by atoms with Gasteiger partial charge in [-0.15, -0.1) is 0 Å². The molecule has 0 saturated carbocycles. The second-order valence-electron chi connectivity index (χ2n) is 4.50. The first-order valence-electron chi connectivity index (χ1n) is 5.73. The highest BCUT2D eigenvalue weighted by Gasteiger charge is 2.30. The average Bonchev–Trinajstić information content (AvgIpc) is 2.63. The van der Waals surface area contributed by atoms with Crippen LogP contribution in [0.2, 0.25) is 0 Å². The fraction of sp³-hybridized carbons (Fsp3) is 0.583. The Hall–Kier alpha value is -0.610. The lowest BCUT2D eigenvalue weighted by Gasteiger charge is -2.27. The van der Waals surface area contributed by atoms with E-state index in [0.29, 0.717) is 18.5 Å². The molecule has 0 aliphatic carbocycles. The van der Waals surface area contributed by atoms with Gasteiger partial charge in [-0.1, -0.05) is 6.92 Å². The predicted octanol–water partition coefficient (Wildman–Crippen LogP) is 2.33. The summed E-state index contributed by atoms with van der Waals surface area (Å²) in [6.07, 6.45) is 1.21. The van der Waals surface area contributed by atoms with Crippen molar-refractivity contribution in [1.29, 1.82) is 0 Å². The minimum absolute atomic E-state index is 0.438. The smallest absolute Gasteiger partial charge is 0.129 e. The predicted molar refractivity (Wildman–Crippen MR) is 70.6 cm³/mol. The molecule has 16 heavy (non-hydrogen) atoms. The zero-order chi connectivity index (χ0) is 11.7. The normalized spacial score (nSPS) is 25.1. The van der Waals surface area contributed by atoms with Gasteiger partial charge in [-0.05, 0) is 47.3 Å². The van der Waals surface area contributed by atoms with Crippen molar-refractivity contribution in [2.45, 2.75) is 26.3 Å². The second kappa shape index (κ2) is 4.72. The first-order chi connectivity index (χ1) is 7.63. The molecule has 0 amide bonds. The Bertz CT molecular complexity index is 381. The maximum atomic E-state index is 5.84. The zero-order valence-corrected chi connectivity index (χ0v) is 11.4. The van der Waals surface area contributed by atoms with Gasteiger partial charge < -0.3 is 10.6 Å². The number of pyridine rings is 1. The van der Waals surface area contributed by atoms with Crippen molar-refractivity contribution in [2.75, 3.05) is 18.0 Å². The molecule has 1 fully saturated rings. The number of hydrogen-bond donors (Lipinski definition) is 1. The number of aryl methyl sites for hydroxylation is 1. The van der Waals surface area contributed by atoms with Gasteiger partial charge in [-0.2, -0.15) is 0 Å². The monoisotopic (exact) mass is 283 g/mol. The van der Waals surface area contributed by atoms with Gasteiger partial charge in [0, 0.05) is 23.6 Å². The van der Waals surface area contributed by atoms with Crippen LogP contribution in [0, 0.1) is 12.8 Å². The van der Waals surface area contributed by atoms with Gasteiger partial charge in [0.2, 0.25) is 0 Å². The summed E-state index contributed by atoms with van der Waals surface area (Å²) in [7, 11) is 0. The largest absolute Gasteiger partial charge is 0.352 e. The van der Waals surface area contributed by atoms with E-state index < -0.39 is 0 Å². The van der Waals surface area contributed by atoms with Gasteiger partial charge in [0.05, 0.1) is 5.69 Å². The van der Waals surface area contributed by atoms with Crippen LogP contribution in [0.15, 0.2) is 16.6 Å². The fourth-order valence-corrected chi connectivity index (χ4v) is 2.56. The van der Waals surface area contributed by atoms with E-state index >= 15 is 0 Å². The molecule has 0 aromatic carbocycles. The molecule has 2 N–H and O–H groups in total. The molecule has 2 heterocycles. The Labute approximate surface area is 105 Å². The quantitative estimate of drug-likeness (QED) is 0.906. The summed E-state index contributed by atoms with van der Waals surface area (Å²) in [5.41, 5.74) is 6.88. The van der Waals surface area contributed by atoms with Gasteiger partial charge in [0.15, 0.2) is 0 Å². The van der Waals surface area contributed by atoms with E-state index in [-0.39, 0.29) is 0 Å². The number of nitrogens with two attached hydrogens (primary N) is 1. The zero-order valence-electron chi connectivity index (χ0n) is 9.78. The lowest BCUT2D eigenvalue weighted by Crippen LogP contribution is -2.38. The summed E-state index contributed by atoms with van der Waals surface area (Å²) >= 11 is 3.48. The van der Waals surface area contributed by atoms with Crippen LogP contribution in [-0.4, -0.2) is 24.1 Å². The maximum Gasteiger partial charge on any atom is 0.129 e. The Morgan fingerprint density at radius 3 is 2.94 bits per heavy atom. The number of halogens is 1. The van der Waals surface area contributed by atoms with Crippen molar-refractivity contribution >= 4 is 21.7 Å². The van der Waals surface area contributed by atoms with Crippen molar-refractivity contribution in [2.24, 2.45) is 11.7 Å². The summed E-state index contributed by atoms with van der Waals surface area (Å²) in [5, 5.41) is 0. The van der Waals surface area contributed by atoms with Crippen LogP contribution in [-0.2, 0) is 0 Å². The molecule has 1 aromatic heterocycles. The van der Waals surface area contributed by atoms with Crippen LogP contribution in [0.4, 0.5) is 5.82 Å². The van der Waals surface area contributed by atoms with E-state index in [0.717, 1.165) is 22.5 Å². The summed E-state index contributed by atoms with van der Waals surface area (Å²) in [6.45, 7) is 6.06. The molecule has 1 aromatic rings. The molecule has 4 heteroatoms. The Morgan fingerprint density at radius 1 is 1.56 bits per heavy atom. The summed E-state index contributed by atoms with van der Waals surface area (Å²) in [6, 6.07) is 4.57. The van der Waals surface area contributed by atoms with E-state index in [2.05, 4.69) is 44.9 Å². The molecular formula is C12H18BrN3. The maximum absolute atomic E-state index is 5.84. The van der Waals surface area contributed by atoms with Gasteiger partial charge in [0.25, 0.3) is 0 Å². The molecule has 0 bridgehead atoms. The molecule has 1 saturated heterocycles. The summed E-state index contributed by atoms with van der Waals surface area (Å²) in [4.78, 5) is 6.95. The first-order valence-corrected chi connectivity index (χ1v) is 6.52. The summed E-state index contributed by atoms with van der Waals surface area (Å²) in [5.74, 6) is 1.72. The third kappa shape index (κ3) is 2.09. The Kier molecular flexibility index (Phi) is 3.50. The van der Waals surface area contributed by atoms with Crippen LogP contribution < -0.4 is 10.6 Å². The van der Waals surface area contributed by atoms with E-state index in [1.54, 1.807) is 0 Å². The topological polar surface area (TPSA) is 42.2 Å². The van der Waals surface area contributed by atoms with Crippen molar-refractivity contribution in [3.05, 3.63) is 22.3 Å². The molecule has 2 rings (SSSR count). The SMILES string of the molecule is Cc1nc(N2CCC(C)C2CN)ccc1Br. The molecular weight excluding hydrogens is 266 g/mol. The molecule has 0 spiro atoms. The molecule has 2 atom stereocenters. The standard InChI is InChI=1S/C12H18BrN3/c1-8-5-6-16(11(8)7-14)12-4-3-10(13)9(2)15-12/h3-4,8,11H,5-7,14H2,1-2H3. The van der Waals surface area contributed by atoms with Crippen LogP contribution in [0.5, 0.6) is 0 Å². The highest BCUT2D eigenvalue weighted by molar-refractivity contribution is 9.10. The minimum atomic E-state index is 0.438. The van der Waals surface area contributed by atoms with E-state index in [9.17, 15) is 0 Å². The Balaban J connectivity index is 2.27. The second-order valence-corrected chi connectivity index (χ2v) is 5.35. The van der Waals surface area contributed by atoms with E-state index in [4.69, 9.17) is 5.73 Å². The highest BCUT2D eigenvalue weighted by atomic mass is 79.9. The molecule has 3 nitrogen and oxygen atoms in total. The minimum Gasteiger partial charge on any atom is -0.352 e. The lowest BCUT2D eigenvalue weighted by molar-refractivity contribution is 0.517. The third-order valence-electron chi connectivity index (χ3n) is 3.42. The average molecular weight is 284 g/mol. The van der Waals surface area contributed by atoms with Gasteiger partial charge in [-0.25, -0.2) is 4.98 Å². The number of rotatable bonds is 2. The van der Waals surface area contributed by atoms with E-state index in [1.807, 2.05) is 6.92 Å². The summed E-state index contributed by atoms with van der Waals surface area (Å²) < 4.78 is 1.06. The van der Waals surface area contributed by atoms with Gasteiger partial charge in [0.1, 0.15) is 5.82 Å². The molecule has 1 aliphatic rings. The Morgan fingerprint density at radius 2 is 2.31 bits per heavy atom. The van der Waals surface area contributed by atoms with Crippen LogP contribution in [0.1, 0.15) is 19.0 Å². The van der Waals surface area contributed by atoms with Crippen molar-refractivity contribution < 1.29 is 0 Å².